The molecule has 2 nitrogen and oxygen atoms in total. The molecule has 2 aromatic rings. The zero-order valence-electron chi connectivity index (χ0n) is 14.4. The van der Waals surface area contributed by atoms with Gasteiger partial charge in [-0.2, -0.15) is 0 Å². The molecule has 0 saturated heterocycles. The van der Waals surface area contributed by atoms with Gasteiger partial charge in [-0.25, -0.2) is 0 Å². The SMILES string of the molecule is C[C@H]1CCc2sc(C(=O)Nc3ccc(C(C)(C)C)cc3)cc2C1. The van der Waals surface area contributed by atoms with Crippen molar-refractivity contribution in [3.8, 4) is 0 Å². The molecule has 1 amide bonds. The number of benzene rings is 1. The summed E-state index contributed by atoms with van der Waals surface area (Å²) in [6.45, 7) is 8.87. The lowest BCUT2D eigenvalue weighted by Crippen LogP contribution is -2.12. The van der Waals surface area contributed by atoms with Crippen LogP contribution in [0.25, 0.3) is 0 Å². The van der Waals surface area contributed by atoms with Crippen molar-refractivity contribution in [2.24, 2.45) is 5.92 Å². The molecule has 0 unspecified atom stereocenters. The summed E-state index contributed by atoms with van der Waals surface area (Å²) in [5.74, 6) is 0.749. The molecule has 0 bridgehead atoms. The lowest BCUT2D eigenvalue weighted by atomic mass is 9.87. The number of hydrogen-bond donors (Lipinski definition) is 1. The quantitative estimate of drug-likeness (QED) is 0.783. The summed E-state index contributed by atoms with van der Waals surface area (Å²) in [7, 11) is 0. The van der Waals surface area contributed by atoms with Gasteiger partial charge in [-0.3, -0.25) is 4.79 Å². The van der Waals surface area contributed by atoms with Gasteiger partial charge in [0.15, 0.2) is 0 Å². The second kappa shape index (κ2) is 6.12. The summed E-state index contributed by atoms with van der Waals surface area (Å²) in [6, 6.07) is 10.3. The van der Waals surface area contributed by atoms with Gasteiger partial charge in [0.25, 0.3) is 5.91 Å². The third kappa shape index (κ3) is 3.66. The Kier molecular flexibility index (Phi) is 4.33. The zero-order chi connectivity index (χ0) is 16.6. The Labute approximate surface area is 142 Å². The Morgan fingerprint density at radius 2 is 1.91 bits per heavy atom. The third-order valence-electron chi connectivity index (χ3n) is 4.56. The zero-order valence-corrected chi connectivity index (χ0v) is 15.2. The summed E-state index contributed by atoms with van der Waals surface area (Å²) in [4.78, 5) is 14.7. The van der Waals surface area contributed by atoms with Gasteiger partial charge >= 0.3 is 0 Å². The molecular weight excluding hydrogens is 302 g/mol. The number of carbonyl (C=O) groups is 1. The van der Waals surface area contributed by atoms with E-state index in [9.17, 15) is 4.79 Å². The topological polar surface area (TPSA) is 29.1 Å². The van der Waals surface area contributed by atoms with Crippen LogP contribution in [0.4, 0.5) is 5.69 Å². The Morgan fingerprint density at radius 1 is 1.22 bits per heavy atom. The first-order chi connectivity index (χ1) is 10.8. The Balaban J connectivity index is 1.72. The molecule has 1 N–H and O–H groups in total. The van der Waals surface area contributed by atoms with Crippen molar-refractivity contribution < 1.29 is 4.79 Å². The van der Waals surface area contributed by atoms with Gasteiger partial charge in [-0.15, -0.1) is 11.3 Å². The van der Waals surface area contributed by atoms with E-state index in [-0.39, 0.29) is 11.3 Å². The van der Waals surface area contributed by atoms with Crippen molar-refractivity contribution >= 4 is 22.9 Å². The Hall–Kier alpha value is -1.61. The normalized spacial score (nSPS) is 17.7. The average Bonchev–Trinajstić information content (AvgIpc) is 2.90. The number of fused-ring (bicyclic) bond motifs is 1. The van der Waals surface area contributed by atoms with Crippen LogP contribution in [0.5, 0.6) is 0 Å². The molecule has 0 fully saturated rings. The first kappa shape index (κ1) is 16.3. The molecule has 0 radical (unpaired) electrons. The Bertz CT molecular complexity index is 706. The maximum absolute atomic E-state index is 12.5. The van der Waals surface area contributed by atoms with Gasteiger partial charge in [0.1, 0.15) is 0 Å². The molecule has 23 heavy (non-hydrogen) atoms. The second-order valence-electron chi connectivity index (χ2n) is 7.69. The van der Waals surface area contributed by atoms with Gasteiger partial charge in [0.2, 0.25) is 0 Å². The van der Waals surface area contributed by atoms with Gasteiger partial charge < -0.3 is 5.32 Å². The van der Waals surface area contributed by atoms with Crippen molar-refractivity contribution in [2.75, 3.05) is 5.32 Å². The van der Waals surface area contributed by atoms with Crippen molar-refractivity contribution in [3.05, 3.63) is 51.2 Å². The molecule has 1 aromatic carbocycles. The van der Waals surface area contributed by atoms with Crippen molar-refractivity contribution in [1.82, 2.24) is 0 Å². The molecule has 0 aliphatic heterocycles. The molecule has 1 atom stereocenters. The van der Waals surface area contributed by atoms with Crippen LogP contribution in [0.2, 0.25) is 0 Å². The molecule has 3 heteroatoms. The van der Waals surface area contributed by atoms with Crippen LogP contribution >= 0.6 is 11.3 Å². The van der Waals surface area contributed by atoms with Crippen LogP contribution < -0.4 is 5.32 Å². The maximum Gasteiger partial charge on any atom is 0.265 e. The second-order valence-corrected chi connectivity index (χ2v) is 8.83. The van der Waals surface area contributed by atoms with E-state index in [4.69, 9.17) is 0 Å². The minimum atomic E-state index is 0.0144. The fraction of sp³-hybridized carbons (Fsp3) is 0.450. The number of anilines is 1. The fourth-order valence-corrected chi connectivity index (χ4v) is 4.17. The number of thiophene rings is 1. The minimum absolute atomic E-state index is 0.0144. The largest absolute Gasteiger partial charge is 0.321 e. The molecule has 1 heterocycles. The highest BCUT2D eigenvalue weighted by Crippen LogP contribution is 2.32. The highest BCUT2D eigenvalue weighted by molar-refractivity contribution is 7.14. The predicted octanol–water partition coefficient (Wildman–Crippen LogP) is 5.42. The molecule has 122 valence electrons. The van der Waals surface area contributed by atoms with Crippen LogP contribution in [-0.4, -0.2) is 5.91 Å². The van der Waals surface area contributed by atoms with E-state index in [1.54, 1.807) is 11.3 Å². The first-order valence-electron chi connectivity index (χ1n) is 8.36. The highest BCUT2D eigenvalue weighted by Gasteiger charge is 2.21. The van der Waals surface area contributed by atoms with Gasteiger partial charge in [0.05, 0.1) is 4.88 Å². The van der Waals surface area contributed by atoms with Crippen LogP contribution in [0.15, 0.2) is 30.3 Å². The summed E-state index contributed by atoms with van der Waals surface area (Å²) in [6.07, 6.45) is 3.47. The monoisotopic (exact) mass is 327 g/mol. The number of carbonyl (C=O) groups excluding carboxylic acids is 1. The third-order valence-corrected chi connectivity index (χ3v) is 5.80. The van der Waals surface area contributed by atoms with Gasteiger partial charge in [0, 0.05) is 10.6 Å². The van der Waals surface area contributed by atoms with E-state index in [0.717, 1.165) is 29.3 Å². The highest BCUT2D eigenvalue weighted by atomic mass is 32.1. The van der Waals surface area contributed by atoms with E-state index >= 15 is 0 Å². The van der Waals surface area contributed by atoms with Crippen LogP contribution in [0.1, 0.15) is 59.8 Å². The molecule has 0 spiro atoms. The standard InChI is InChI=1S/C20H25NOS/c1-13-5-10-17-14(11-13)12-18(23-17)19(22)21-16-8-6-15(7-9-16)20(2,3)4/h6-9,12-13H,5,10-11H2,1-4H3,(H,21,22)/t13-/m0/s1. The number of nitrogens with one attached hydrogen (secondary N) is 1. The number of aryl methyl sites for hydroxylation is 1. The molecule has 1 aliphatic carbocycles. The fourth-order valence-electron chi connectivity index (χ4n) is 3.06. The van der Waals surface area contributed by atoms with Crippen molar-refractivity contribution in [3.63, 3.8) is 0 Å². The number of rotatable bonds is 2. The maximum atomic E-state index is 12.5. The molecular formula is C20H25NOS. The molecule has 1 aromatic heterocycles. The number of amides is 1. The summed E-state index contributed by atoms with van der Waals surface area (Å²) in [5, 5.41) is 3.03. The Morgan fingerprint density at radius 3 is 2.57 bits per heavy atom. The minimum Gasteiger partial charge on any atom is -0.321 e. The smallest absolute Gasteiger partial charge is 0.265 e. The predicted molar refractivity (Wildman–Crippen MR) is 98.6 cm³/mol. The first-order valence-corrected chi connectivity index (χ1v) is 9.18. The molecule has 3 rings (SSSR count). The van der Waals surface area contributed by atoms with Crippen LogP contribution in [0, 0.1) is 5.92 Å². The lowest BCUT2D eigenvalue weighted by Gasteiger charge is -2.19. The molecule has 1 aliphatic rings. The van der Waals surface area contributed by atoms with Crippen LogP contribution in [-0.2, 0) is 18.3 Å². The van der Waals surface area contributed by atoms with E-state index in [0.29, 0.717) is 0 Å². The van der Waals surface area contributed by atoms with Gasteiger partial charge in [-0.05, 0) is 59.9 Å². The number of hydrogen-bond acceptors (Lipinski definition) is 2. The summed E-state index contributed by atoms with van der Waals surface area (Å²) in [5.41, 5.74) is 3.65. The molecule has 0 saturated carbocycles. The lowest BCUT2D eigenvalue weighted by molar-refractivity contribution is 0.103. The van der Waals surface area contributed by atoms with E-state index in [2.05, 4.69) is 51.2 Å². The van der Waals surface area contributed by atoms with E-state index < -0.39 is 0 Å². The van der Waals surface area contributed by atoms with E-state index in [1.807, 2.05) is 12.1 Å². The van der Waals surface area contributed by atoms with Crippen molar-refractivity contribution in [1.29, 1.82) is 0 Å². The van der Waals surface area contributed by atoms with Gasteiger partial charge in [-0.1, -0.05) is 39.8 Å². The summed E-state index contributed by atoms with van der Waals surface area (Å²) >= 11 is 1.66. The van der Waals surface area contributed by atoms with Crippen LogP contribution in [0.3, 0.4) is 0 Å². The summed E-state index contributed by atoms with van der Waals surface area (Å²) < 4.78 is 0. The average molecular weight is 327 g/mol. The van der Waals surface area contributed by atoms with E-state index in [1.165, 1.54) is 22.4 Å². The van der Waals surface area contributed by atoms with Crippen molar-refractivity contribution in [2.45, 2.75) is 52.4 Å².